The zero-order valence-corrected chi connectivity index (χ0v) is 7.32. The quantitative estimate of drug-likeness (QED) is 0.640. The molecule has 0 aliphatic rings. The summed E-state index contributed by atoms with van der Waals surface area (Å²) < 4.78 is 0. The molecule has 0 saturated carbocycles. The fourth-order valence-electron chi connectivity index (χ4n) is 0.974. The normalized spacial score (nSPS) is 9.50. The number of rotatable bonds is 3. The van der Waals surface area contributed by atoms with Crippen LogP contribution in [0.15, 0.2) is 29.4 Å². The second-order valence-electron chi connectivity index (χ2n) is 2.85. The maximum absolute atomic E-state index is 9.93. The Labute approximate surface area is 72.0 Å². The van der Waals surface area contributed by atoms with Crippen molar-refractivity contribution in [1.29, 1.82) is 0 Å². The third-order valence-electron chi connectivity index (χ3n) is 1.70. The Morgan fingerprint density at radius 1 is 1.25 bits per heavy atom. The molecule has 0 aromatic heterocycles. The molecule has 3 heteroatoms. The first-order valence-corrected chi connectivity index (χ1v) is 3.79. The molecule has 0 aliphatic carbocycles. The van der Waals surface area contributed by atoms with Crippen LogP contribution in [-0.2, 0) is 6.54 Å². The number of anilines is 1. The highest BCUT2D eigenvalue weighted by Crippen LogP contribution is 2.12. The van der Waals surface area contributed by atoms with E-state index in [0.717, 1.165) is 11.3 Å². The third kappa shape index (κ3) is 2.05. The number of nitrogens with zero attached hydrogens (tertiary/aromatic N) is 2. The van der Waals surface area contributed by atoms with E-state index >= 15 is 0 Å². The fraction of sp³-hybridized carbons (Fsp3) is 0.333. The predicted octanol–water partition coefficient (Wildman–Crippen LogP) is 2.02. The van der Waals surface area contributed by atoms with Crippen LogP contribution < -0.4 is 4.90 Å². The molecule has 1 aromatic carbocycles. The molecule has 0 heterocycles. The van der Waals surface area contributed by atoms with Gasteiger partial charge in [0.2, 0.25) is 0 Å². The first-order valence-electron chi connectivity index (χ1n) is 3.79. The van der Waals surface area contributed by atoms with E-state index in [1.54, 1.807) is 0 Å². The molecule has 0 fully saturated rings. The summed E-state index contributed by atoms with van der Waals surface area (Å²) in [6, 6.07) is 7.77. The van der Waals surface area contributed by atoms with E-state index in [4.69, 9.17) is 0 Å². The van der Waals surface area contributed by atoms with Crippen molar-refractivity contribution < 1.29 is 0 Å². The van der Waals surface area contributed by atoms with Crippen LogP contribution in [0.2, 0.25) is 0 Å². The molecule has 1 rings (SSSR count). The molecule has 0 N–H and O–H groups in total. The molecule has 0 amide bonds. The monoisotopic (exact) mass is 164 g/mol. The molecule has 0 bridgehead atoms. The zero-order chi connectivity index (χ0) is 8.97. The molecular weight excluding hydrogens is 152 g/mol. The second kappa shape index (κ2) is 3.85. The number of benzene rings is 1. The minimum Gasteiger partial charge on any atom is -0.378 e. The topological polar surface area (TPSA) is 32.7 Å². The van der Waals surface area contributed by atoms with E-state index in [1.165, 1.54) is 0 Å². The summed E-state index contributed by atoms with van der Waals surface area (Å²) in [5.41, 5.74) is 2.08. The lowest BCUT2D eigenvalue weighted by Gasteiger charge is -2.11. The summed E-state index contributed by atoms with van der Waals surface area (Å²) >= 11 is 0. The van der Waals surface area contributed by atoms with Gasteiger partial charge in [0.1, 0.15) is 6.54 Å². The highest BCUT2D eigenvalue weighted by Gasteiger charge is 1.94. The van der Waals surface area contributed by atoms with E-state index in [0.29, 0.717) is 0 Å². The second-order valence-corrected chi connectivity index (χ2v) is 2.85. The Bertz CT molecular complexity index is 254. The summed E-state index contributed by atoms with van der Waals surface area (Å²) in [5, 5.41) is 2.82. The van der Waals surface area contributed by atoms with Crippen LogP contribution in [0, 0.1) is 4.91 Å². The van der Waals surface area contributed by atoms with Gasteiger partial charge < -0.3 is 4.90 Å². The molecule has 0 aliphatic heterocycles. The average Bonchev–Trinajstić information content (AvgIpc) is 2.06. The van der Waals surface area contributed by atoms with Crippen LogP contribution in [0.4, 0.5) is 5.69 Å². The summed E-state index contributed by atoms with van der Waals surface area (Å²) in [6.07, 6.45) is 0. The van der Waals surface area contributed by atoms with Gasteiger partial charge in [-0.2, -0.15) is 4.91 Å². The molecular formula is C9H12N2O. The summed E-state index contributed by atoms with van der Waals surface area (Å²) in [4.78, 5) is 11.9. The summed E-state index contributed by atoms with van der Waals surface area (Å²) in [6.45, 7) is 0.258. The molecule has 0 spiro atoms. The number of hydrogen-bond acceptors (Lipinski definition) is 3. The van der Waals surface area contributed by atoms with Crippen LogP contribution in [0.3, 0.4) is 0 Å². The van der Waals surface area contributed by atoms with Gasteiger partial charge in [-0.15, -0.1) is 0 Å². The Kier molecular flexibility index (Phi) is 2.80. The minimum absolute atomic E-state index is 0.258. The molecule has 0 atom stereocenters. The third-order valence-corrected chi connectivity index (χ3v) is 1.70. The van der Waals surface area contributed by atoms with E-state index in [9.17, 15) is 4.91 Å². The molecule has 0 saturated heterocycles. The number of nitroso groups, excluding NO2 is 1. The Hall–Kier alpha value is -1.38. The number of hydrogen-bond donors (Lipinski definition) is 0. The molecule has 1 aromatic rings. The van der Waals surface area contributed by atoms with Gasteiger partial charge in [0.25, 0.3) is 0 Å². The Morgan fingerprint density at radius 3 is 2.25 bits per heavy atom. The van der Waals surface area contributed by atoms with Crippen molar-refractivity contribution in [3.05, 3.63) is 34.7 Å². The first-order chi connectivity index (χ1) is 5.74. The largest absolute Gasteiger partial charge is 0.378 e. The van der Waals surface area contributed by atoms with E-state index < -0.39 is 0 Å². The van der Waals surface area contributed by atoms with Crippen LogP contribution in [0.5, 0.6) is 0 Å². The molecule has 64 valence electrons. The van der Waals surface area contributed by atoms with Crippen molar-refractivity contribution in [3.63, 3.8) is 0 Å². The van der Waals surface area contributed by atoms with Gasteiger partial charge in [-0.1, -0.05) is 17.3 Å². The van der Waals surface area contributed by atoms with Crippen molar-refractivity contribution in [3.8, 4) is 0 Å². The van der Waals surface area contributed by atoms with E-state index in [1.807, 2.05) is 43.3 Å². The van der Waals surface area contributed by atoms with Crippen LogP contribution >= 0.6 is 0 Å². The summed E-state index contributed by atoms with van der Waals surface area (Å²) in [5.74, 6) is 0. The van der Waals surface area contributed by atoms with Crippen LogP contribution in [0.25, 0.3) is 0 Å². The van der Waals surface area contributed by atoms with Crippen molar-refractivity contribution in [2.75, 3.05) is 19.0 Å². The highest BCUT2D eigenvalue weighted by molar-refractivity contribution is 5.45. The molecule has 0 radical (unpaired) electrons. The standard InChI is InChI=1S/C9H12N2O/c1-11(2)9-5-3-8(4-6-9)7-10-12/h3-6H,7H2,1-2H3. The van der Waals surface area contributed by atoms with Gasteiger partial charge in [0, 0.05) is 19.8 Å². The smallest absolute Gasteiger partial charge is 0.106 e. The first kappa shape index (κ1) is 8.71. The maximum atomic E-state index is 9.93. The minimum atomic E-state index is 0.258. The van der Waals surface area contributed by atoms with Crippen molar-refractivity contribution in [2.24, 2.45) is 5.18 Å². The lowest BCUT2D eigenvalue weighted by molar-refractivity contribution is 1.05. The van der Waals surface area contributed by atoms with Gasteiger partial charge in [-0.25, -0.2) is 0 Å². The van der Waals surface area contributed by atoms with Crippen molar-refractivity contribution >= 4 is 5.69 Å². The van der Waals surface area contributed by atoms with E-state index in [2.05, 4.69) is 5.18 Å². The Morgan fingerprint density at radius 2 is 1.83 bits per heavy atom. The maximum Gasteiger partial charge on any atom is 0.106 e. The SMILES string of the molecule is CN(C)c1ccc(CN=O)cc1. The average molecular weight is 164 g/mol. The summed E-state index contributed by atoms with van der Waals surface area (Å²) in [7, 11) is 3.96. The molecule has 12 heavy (non-hydrogen) atoms. The van der Waals surface area contributed by atoms with Gasteiger partial charge in [0.05, 0.1) is 0 Å². The zero-order valence-electron chi connectivity index (χ0n) is 7.32. The highest BCUT2D eigenvalue weighted by atomic mass is 16.3. The Balaban J connectivity index is 2.78. The predicted molar refractivity (Wildman–Crippen MR) is 50.3 cm³/mol. The van der Waals surface area contributed by atoms with Gasteiger partial charge in [-0.3, -0.25) is 0 Å². The fourth-order valence-corrected chi connectivity index (χ4v) is 0.974. The molecule has 3 nitrogen and oxygen atoms in total. The van der Waals surface area contributed by atoms with Crippen molar-refractivity contribution in [1.82, 2.24) is 0 Å². The van der Waals surface area contributed by atoms with Crippen molar-refractivity contribution in [2.45, 2.75) is 6.54 Å². The lowest BCUT2D eigenvalue weighted by Crippen LogP contribution is -2.08. The molecule has 0 unspecified atom stereocenters. The van der Waals surface area contributed by atoms with Gasteiger partial charge >= 0.3 is 0 Å². The van der Waals surface area contributed by atoms with Gasteiger partial charge in [0.15, 0.2) is 0 Å². The van der Waals surface area contributed by atoms with Gasteiger partial charge in [-0.05, 0) is 17.7 Å². The lowest BCUT2D eigenvalue weighted by atomic mass is 10.2. The van der Waals surface area contributed by atoms with Crippen LogP contribution in [-0.4, -0.2) is 14.1 Å². The van der Waals surface area contributed by atoms with Crippen LogP contribution in [0.1, 0.15) is 5.56 Å². The van der Waals surface area contributed by atoms with E-state index in [-0.39, 0.29) is 6.54 Å².